The first kappa shape index (κ1) is 18.4. The maximum absolute atomic E-state index is 12.2. The van der Waals surface area contributed by atoms with Crippen molar-refractivity contribution in [3.63, 3.8) is 0 Å². The molecule has 0 saturated carbocycles. The summed E-state index contributed by atoms with van der Waals surface area (Å²) in [4.78, 5) is 24.5. The van der Waals surface area contributed by atoms with Gasteiger partial charge in [0.25, 0.3) is 0 Å². The van der Waals surface area contributed by atoms with E-state index in [1.165, 1.54) is 14.2 Å². The molecule has 1 aromatic rings. The highest BCUT2D eigenvalue weighted by atomic mass is 16.5. The molecule has 1 aliphatic heterocycles. The number of allylic oxidation sites excluding steroid dienone is 2. The molecule has 0 amide bonds. The van der Waals surface area contributed by atoms with Crippen LogP contribution >= 0.6 is 0 Å². The van der Waals surface area contributed by atoms with Crippen LogP contribution in [-0.4, -0.2) is 31.6 Å². The Kier molecular flexibility index (Phi) is 6.10. The zero-order valence-electron chi connectivity index (χ0n) is 13.6. The Balaban J connectivity index is 0.00000264. The van der Waals surface area contributed by atoms with Crippen LogP contribution in [0.25, 0.3) is 0 Å². The Morgan fingerprint density at radius 3 is 1.74 bits per heavy atom. The second kappa shape index (κ2) is 7.60. The zero-order chi connectivity index (χ0) is 16.3. The predicted octanol–water partition coefficient (Wildman–Crippen LogP) is 1.44. The molecule has 0 atom stereocenters. The highest BCUT2D eigenvalue weighted by Gasteiger charge is 2.37. The summed E-state index contributed by atoms with van der Waals surface area (Å²) in [6.07, 6.45) is 0. The quantitative estimate of drug-likeness (QED) is 0.851. The summed E-state index contributed by atoms with van der Waals surface area (Å²) in [7, 11) is 2.65. The van der Waals surface area contributed by atoms with Crippen LogP contribution in [-0.2, 0) is 19.1 Å². The topological polar surface area (TPSA) is 96.1 Å². The Morgan fingerprint density at radius 2 is 1.35 bits per heavy atom. The Bertz CT molecular complexity index is 623. The fourth-order valence-corrected chi connectivity index (χ4v) is 2.73. The lowest BCUT2D eigenvalue weighted by Gasteiger charge is -2.30. The van der Waals surface area contributed by atoms with Crippen molar-refractivity contribution < 1.29 is 24.5 Å². The first-order valence-electron chi connectivity index (χ1n) is 6.91. The standard InChI is InChI=1S/C17H19NO4.H2O/c1-10-13(16(19)21-3)15(12-8-6-5-7-9-12)14(11(2)18-10)17(20)22-4;/h5-9,15,18H,1-4H3;1H2. The number of dihydropyridines is 1. The lowest BCUT2D eigenvalue weighted by molar-refractivity contribution is -0.137. The van der Waals surface area contributed by atoms with E-state index in [2.05, 4.69) is 5.32 Å². The SMILES string of the molecule is COC(=O)C1=C(C)NC(C)=C(C(=O)OC)C1c1ccccc1.O. The van der Waals surface area contributed by atoms with Gasteiger partial charge in [0.05, 0.1) is 31.3 Å². The van der Waals surface area contributed by atoms with Gasteiger partial charge in [0.1, 0.15) is 0 Å². The molecule has 0 saturated heterocycles. The molecule has 2 rings (SSSR count). The van der Waals surface area contributed by atoms with Crippen LogP contribution in [0.4, 0.5) is 0 Å². The lowest BCUT2D eigenvalue weighted by Crippen LogP contribution is -2.32. The Hall–Kier alpha value is -2.60. The first-order valence-corrected chi connectivity index (χ1v) is 6.91. The number of nitrogens with one attached hydrogen (secondary N) is 1. The minimum atomic E-state index is -0.512. The Morgan fingerprint density at radius 1 is 0.913 bits per heavy atom. The van der Waals surface area contributed by atoms with E-state index >= 15 is 0 Å². The molecule has 1 aliphatic rings. The molecular weight excluding hydrogens is 298 g/mol. The number of esters is 2. The maximum atomic E-state index is 12.2. The summed E-state index contributed by atoms with van der Waals surface area (Å²) in [6.45, 7) is 3.58. The Labute approximate surface area is 135 Å². The van der Waals surface area contributed by atoms with Crippen LogP contribution in [0.5, 0.6) is 0 Å². The molecule has 0 radical (unpaired) electrons. The normalized spacial score (nSPS) is 14.8. The fraction of sp³-hybridized carbons (Fsp3) is 0.294. The average Bonchev–Trinajstić information content (AvgIpc) is 2.53. The molecule has 6 nitrogen and oxygen atoms in total. The highest BCUT2D eigenvalue weighted by molar-refractivity contribution is 5.99. The minimum absolute atomic E-state index is 0. The van der Waals surface area contributed by atoms with Gasteiger partial charge in [-0.25, -0.2) is 9.59 Å². The zero-order valence-corrected chi connectivity index (χ0v) is 13.6. The first-order chi connectivity index (χ1) is 10.5. The van der Waals surface area contributed by atoms with Gasteiger partial charge in [0.15, 0.2) is 0 Å². The van der Waals surface area contributed by atoms with Crippen LogP contribution in [0, 0.1) is 0 Å². The van der Waals surface area contributed by atoms with Gasteiger partial charge in [-0.1, -0.05) is 30.3 Å². The van der Waals surface area contributed by atoms with Crippen molar-refractivity contribution in [3.05, 3.63) is 58.4 Å². The number of ether oxygens (including phenoxy) is 2. The molecular formula is C17H21NO5. The van der Waals surface area contributed by atoms with E-state index in [1.54, 1.807) is 13.8 Å². The summed E-state index contributed by atoms with van der Waals surface area (Å²) in [5.74, 6) is -1.44. The number of carbonyl (C=O) groups is 2. The monoisotopic (exact) mass is 319 g/mol. The van der Waals surface area contributed by atoms with E-state index < -0.39 is 17.9 Å². The van der Waals surface area contributed by atoms with Crippen LogP contribution in [0.3, 0.4) is 0 Å². The number of hydrogen-bond donors (Lipinski definition) is 1. The summed E-state index contributed by atoms with van der Waals surface area (Å²) in [5.41, 5.74) is 3.01. The second-order valence-corrected chi connectivity index (χ2v) is 5.03. The molecule has 0 bridgehead atoms. The van der Waals surface area contributed by atoms with Crippen molar-refractivity contribution in [1.29, 1.82) is 0 Å². The molecule has 6 heteroatoms. The summed E-state index contributed by atoms with van der Waals surface area (Å²) >= 11 is 0. The molecule has 0 aromatic heterocycles. The van der Waals surface area contributed by atoms with Crippen LogP contribution in [0.1, 0.15) is 25.3 Å². The highest BCUT2D eigenvalue weighted by Crippen LogP contribution is 2.38. The van der Waals surface area contributed by atoms with E-state index in [9.17, 15) is 9.59 Å². The smallest absolute Gasteiger partial charge is 0.336 e. The van der Waals surface area contributed by atoms with Gasteiger partial charge in [0.2, 0.25) is 0 Å². The summed E-state index contributed by atoms with van der Waals surface area (Å²) < 4.78 is 9.79. The largest absolute Gasteiger partial charge is 0.466 e. The van der Waals surface area contributed by atoms with E-state index in [0.29, 0.717) is 22.5 Å². The van der Waals surface area contributed by atoms with Gasteiger partial charge in [-0.15, -0.1) is 0 Å². The molecule has 0 unspecified atom stereocenters. The summed E-state index contributed by atoms with van der Waals surface area (Å²) in [6, 6.07) is 9.37. The van der Waals surface area contributed by atoms with Crippen molar-refractivity contribution in [3.8, 4) is 0 Å². The van der Waals surface area contributed by atoms with Crippen molar-refractivity contribution in [2.75, 3.05) is 14.2 Å². The number of rotatable bonds is 3. The molecule has 0 fully saturated rings. The molecule has 0 spiro atoms. The van der Waals surface area contributed by atoms with Crippen LogP contribution < -0.4 is 5.32 Å². The van der Waals surface area contributed by atoms with Gasteiger partial charge in [-0.05, 0) is 19.4 Å². The third kappa shape index (κ3) is 3.43. The van der Waals surface area contributed by atoms with Crippen LogP contribution in [0.15, 0.2) is 52.9 Å². The molecule has 3 N–H and O–H groups in total. The molecule has 23 heavy (non-hydrogen) atoms. The predicted molar refractivity (Wildman–Crippen MR) is 85.4 cm³/mol. The number of carbonyl (C=O) groups excluding carboxylic acids is 2. The van der Waals surface area contributed by atoms with Gasteiger partial charge in [0, 0.05) is 11.4 Å². The second-order valence-electron chi connectivity index (χ2n) is 5.03. The molecule has 1 aromatic carbocycles. The maximum Gasteiger partial charge on any atom is 0.336 e. The van der Waals surface area contributed by atoms with Crippen molar-refractivity contribution >= 4 is 11.9 Å². The molecule has 124 valence electrons. The van der Waals surface area contributed by atoms with E-state index in [4.69, 9.17) is 9.47 Å². The third-order valence-corrected chi connectivity index (χ3v) is 3.70. The van der Waals surface area contributed by atoms with Gasteiger partial charge < -0.3 is 20.3 Å². The van der Waals surface area contributed by atoms with E-state index in [1.807, 2.05) is 30.3 Å². The van der Waals surface area contributed by atoms with Crippen molar-refractivity contribution in [1.82, 2.24) is 5.32 Å². The van der Waals surface area contributed by atoms with E-state index in [0.717, 1.165) is 5.56 Å². The minimum Gasteiger partial charge on any atom is -0.466 e. The van der Waals surface area contributed by atoms with E-state index in [-0.39, 0.29) is 5.48 Å². The molecule has 1 heterocycles. The average molecular weight is 319 g/mol. The number of benzene rings is 1. The van der Waals surface area contributed by atoms with Gasteiger partial charge in [-0.2, -0.15) is 0 Å². The summed E-state index contributed by atoms with van der Waals surface area (Å²) in [5, 5.41) is 3.07. The number of methoxy groups -OCH3 is 2. The molecule has 0 aliphatic carbocycles. The third-order valence-electron chi connectivity index (χ3n) is 3.70. The van der Waals surface area contributed by atoms with Gasteiger partial charge in [-0.3, -0.25) is 0 Å². The fourth-order valence-electron chi connectivity index (χ4n) is 2.73. The number of hydrogen-bond acceptors (Lipinski definition) is 5. The van der Waals surface area contributed by atoms with Crippen molar-refractivity contribution in [2.45, 2.75) is 19.8 Å². The van der Waals surface area contributed by atoms with Crippen LogP contribution in [0.2, 0.25) is 0 Å². The van der Waals surface area contributed by atoms with Gasteiger partial charge >= 0.3 is 11.9 Å². The van der Waals surface area contributed by atoms with Crippen molar-refractivity contribution in [2.24, 2.45) is 0 Å². The lowest BCUT2D eigenvalue weighted by atomic mass is 9.80.